The van der Waals surface area contributed by atoms with E-state index in [-0.39, 0.29) is 0 Å². The molecule has 0 bridgehead atoms. The Morgan fingerprint density at radius 1 is 1.27 bits per heavy atom. The number of benzene rings is 1. The van der Waals surface area contributed by atoms with Gasteiger partial charge in [-0.05, 0) is 26.3 Å². The lowest BCUT2D eigenvalue weighted by Gasteiger charge is -2.26. The Balaban J connectivity index is 3.10. The summed E-state index contributed by atoms with van der Waals surface area (Å²) >= 11 is 0. The van der Waals surface area contributed by atoms with Crippen molar-refractivity contribution in [3.63, 3.8) is 0 Å². The van der Waals surface area contributed by atoms with Gasteiger partial charge in [-0.1, -0.05) is 25.1 Å². The van der Waals surface area contributed by atoms with Crippen LogP contribution in [-0.4, -0.2) is 11.9 Å². The molecule has 0 saturated heterocycles. The van der Waals surface area contributed by atoms with Crippen molar-refractivity contribution in [1.82, 2.24) is 0 Å². The van der Waals surface area contributed by atoms with E-state index in [4.69, 9.17) is 9.99 Å². The molecule has 3 heteroatoms. The minimum atomic E-state index is -0.703. The Morgan fingerprint density at radius 2 is 1.93 bits per heavy atom. The number of para-hydroxylation sites is 1. The molecule has 0 aromatic heterocycles. The van der Waals surface area contributed by atoms with Crippen molar-refractivity contribution < 1.29 is 14.9 Å². The number of ether oxygens (including phenoxy) is 1. The zero-order valence-electron chi connectivity index (χ0n) is 9.49. The highest BCUT2D eigenvalue weighted by Crippen LogP contribution is 2.34. The predicted molar refractivity (Wildman–Crippen MR) is 59.0 cm³/mol. The third kappa shape index (κ3) is 2.49. The fourth-order valence-corrected chi connectivity index (χ4v) is 1.49. The summed E-state index contributed by atoms with van der Waals surface area (Å²) in [6.45, 7) is 6.33. The lowest BCUT2D eigenvalue weighted by atomic mass is 9.92. The standard InChI is InChI=1S/C12H18O3/c1-4-12(3,15-13)10-8-6-7-9-11(10)14-5-2/h6-9,13H,4-5H2,1-3H3. The first-order valence-corrected chi connectivity index (χ1v) is 5.22. The normalized spacial score (nSPS) is 14.7. The van der Waals surface area contributed by atoms with Crippen LogP contribution in [0.25, 0.3) is 0 Å². The Kier molecular flexibility index (Phi) is 4.12. The van der Waals surface area contributed by atoms with E-state index in [9.17, 15) is 0 Å². The molecule has 0 amide bonds. The quantitative estimate of drug-likeness (QED) is 0.599. The second-order valence-electron chi connectivity index (χ2n) is 3.60. The molecule has 1 atom stereocenters. The molecule has 1 rings (SSSR count). The minimum absolute atomic E-state index is 0.599. The molecule has 0 fully saturated rings. The van der Waals surface area contributed by atoms with Crippen LogP contribution in [0, 0.1) is 0 Å². The average Bonchev–Trinajstić information content (AvgIpc) is 2.29. The molecule has 1 aromatic carbocycles. The summed E-state index contributed by atoms with van der Waals surface area (Å²) in [5.41, 5.74) is 0.169. The van der Waals surface area contributed by atoms with E-state index in [0.717, 1.165) is 11.3 Å². The van der Waals surface area contributed by atoms with Crippen LogP contribution in [0.2, 0.25) is 0 Å². The fourth-order valence-electron chi connectivity index (χ4n) is 1.49. The molecular formula is C12H18O3. The third-order valence-corrected chi connectivity index (χ3v) is 2.63. The molecule has 1 N–H and O–H groups in total. The highest BCUT2D eigenvalue weighted by Gasteiger charge is 2.29. The van der Waals surface area contributed by atoms with Gasteiger partial charge in [-0.15, -0.1) is 0 Å². The lowest BCUT2D eigenvalue weighted by Crippen LogP contribution is -2.24. The van der Waals surface area contributed by atoms with E-state index in [1.165, 1.54) is 0 Å². The van der Waals surface area contributed by atoms with Crippen LogP contribution in [0.4, 0.5) is 0 Å². The van der Waals surface area contributed by atoms with E-state index >= 15 is 0 Å². The van der Waals surface area contributed by atoms with E-state index in [2.05, 4.69) is 4.89 Å². The van der Waals surface area contributed by atoms with Gasteiger partial charge in [-0.2, -0.15) is 0 Å². The smallest absolute Gasteiger partial charge is 0.129 e. The van der Waals surface area contributed by atoms with E-state index in [1.54, 1.807) is 0 Å². The summed E-state index contributed by atoms with van der Waals surface area (Å²) in [6, 6.07) is 7.60. The first-order chi connectivity index (χ1) is 7.18. The molecule has 0 heterocycles. The van der Waals surface area contributed by atoms with Gasteiger partial charge < -0.3 is 4.74 Å². The summed E-state index contributed by atoms with van der Waals surface area (Å²) in [5, 5.41) is 8.98. The van der Waals surface area contributed by atoms with Gasteiger partial charge in [0.25, 0.3) is 0 Å². The Labute approximate surface area is 90.6 Å². The largest absolute Gasteiger partial charge is 0.493 e. The van der Waals surface area contributed by atoms with Gasteiger partial charge in [0.2, 0.25) is 0 Å². The van der Waals surface area contributed by atoms with E-state index in [1.807, 2.05) is 45.0 Å². The zero-order chi connectivity index (χ0) is 11.3. The van der Waals surface area contributed by atoms with Crippen LogP contribution in [0.15, 0.2) is 24.3 Å². The summed E-state index contributed by atoms with van der Waals surface area (Å²) in [6.07, 6.45) is 0.674. The van der Waals surface area contributed by atoms with Crippen LogP contribution in [0.1, 0.15) is 32.8 Å². The topological polar surface area (TPSA) is 38.7 Å². The molecule has 0 aliphatic carbocycles. The maximum absolute atomic E-state index is 8.98. The second kappa shape index (κ2) is 5.14. The number of hydrogen-bond acceptors (Lipinski definition) is 3. The molecule has 0 radical (unpaired) electrons. The Hall–Kier alpha value is -1.06. The van der Waals surface area contributed by atoms with Gasteiger partial charge in [0.1, 0.15) is 11.4 Å². The second-order valence-corrected chi connectivity index (χ2v) is 3.60. The summed E-state index contributed by atoms with van der Waals surface area (Å²) < 4.78 is 5.50. The molecule has 1 aromatic rings. The van der Waals surface area contributed by atoms with E-state index in [0.29, 0.717) is 13.0 Å². The lowest BCUT2D eigenvalue weighted by molar-refractivity contribution is -0.325. The van der Waals surface area contributed by atoms with Crippen molar-refractivity contribution in [2.45, 2.75) is 32.8 Å². The van der Waals surface area contributed by atoms with Crippen molar-refractivity contribution in [1.29, 1.82) is 0 Å². The molecule has 0 saturated carbocycles. The number of rotatable bonds is 5. The highest BCUT2D eigenvalue weighted by atomic mass is 17.1. The molecule has 0 aliphatic heterocycles. The summed E-state index contributed by atoms with van der Waals surface area (Å²) in [4.78, 5) is 4.58. The van der Waals surface area contributed by atoms with Gasteiger partial charge in [-0.25, -0.2) is 4.89 Å². The van der Waals surface area contributed by atoms with E-state index < -0.39 is 5.60 Å². The maximum Gasteiger partial charge on any atom is 0.129 e. The van der Waals surface area contributed by atoms with Crippen molar-refractivity contribution in [3.8, 4) is 5.75 Å². The molecular weight excluding hydrogens is 192 g/mol. The van der Waals surface area contributed by atoms with Crippen LogP contribution in [0.5, 0.6) is 5.75 Å². The monoisotopic (exact) mass is 210 g/mol. The maximum atomic E-state index is 8.98. The van der Waals surface area contributed by atoms with Crippen LogP contribution < -0.4 is 4.74 Å². The molecule has 0 spiro atoms. The first-order valence-electron chi connectivity index (χ1n) is 5.22. The van der Waals surface area contributed by atoms with Crippen molar-refractivity contribution in [3.05, 3.63) is 29.8 Å². The molecule has 15 heavy (non-hydrogen) atoms. The van der Waals surface area contributed by atoms with Crippen molar-refractivity contribution >= 4 is 0 Å². The first kappa shape index (κ1) is 12.0. The zero-order valence-corrected chi connectivity index (χ0v) is 9.49. The predicted octanol–water partition coefficient (Wildman–Crippen LogP) is 3.20. The molecule has 1 unspecified atom stereocenters. The minimum Gasteiger partial charge on any atom is -0.493 e. The molecule has 0 aliphatic rings. The summed E-state index contributed by atoms with van der Waals surface area (Å²) in [7, 11) is 0. The molecule has 84 valence electrons. The Morgan fingerprint density at radius 3 is 2.47 bits per heavy atom. The number of hydrogen-bond donors (Lipinski definition) is 1. The van der Waals surface area contributed by atoms with Gasteiger partial charge in [0.15, 0.2) is 0 Å². The van der Waals surface area contributed by atoms with Crippen LogP contribution in [0.3, 0.4) is 0 Å². The summed E-state index contributed by atoms with van der Waals surface area (Å²) in [5.74, 6) is 0.762. The molecule has 3 nitrogen and oxygen atoms in total. The van der Waals surface area contributed by atoms with Gasteiger partial charge in [-0.3, -0.25) is 5.26 Å². The van der Waals surface area contributed by atoms with Crippen molar-refractivity contribution in [2.75, 3.05) is 6.61 Å². The fraction of sp³-hybridized carbons (Fsp3) is 0.500. The van der Waals surface area contributed by atoms with Crippen LogP contribution in [-0.2, 0) is 10.5 Å². The van der Waals surface area contributed by atoms with Gasteiger partial charge >= 0.3 is 0 Å². The van der Waals surface area contributed by atoms with Crippen LogP contribution >= 0.6 is 0 Å². The average molecular weight is 210 g/mol. The highest BCUT2D eigenvalue weighted by molar-refractivity contribution is 5.37. The van der Waals surface area contributed by atoms with Gasteiger partial charge in [0, 0.05) is 5.56 Å². The van der Waals surface area contributed by atoms with Gasteiger partial charge in [0.05, 0.1) is 6.61 Å². The van der Waals surface area contributed by atoms with Crippen molar-refractivity contribution in [2.24, 2.45) is 0 Å². The Bertz CT molecular complexity index is 305. The SMILES string of the molecule is CCOc1ccccc1C(C)(CC)OO. The third-order valence-electron chi connectivity index (χ3n) is 2.63.